The van der Waals surface area contributed by atoms with Gasteiger partial charge in [0.2, 0.25) is 5.91 Å². The predicted octanol–water partition coefficient (Wildman–Crippen LogP) is 4.12. The van der Waals surface area contributed by atoms with Gasteiger partial charge in [-0.25, -0.2) is 4.39 Å². The van der Waals surface area contributed by atoms with Gasteiger partial charge in [-0.15, -0.1) is 15.3 Å². The molecule has 1 aliphatic heterocycles. The van der Waals surface area contributed by atoms with Crippen LogP contribution in [0.25, 0.3) is 11.5 Å². The lowest BCUT2D eigenvalue weighted by Crippen LogP contribution is -2.25. The van der Waals surface area contributed by atoms with Crippen LogP contribution in [0.2, 0.25) is 0 Å². The molecule has 0 spiro atoms. The van der Waals surface area contributed by atoms with E-state index in [9.17, 15) is 9.18 Å². The number of hydrogen-bond acceptors (Lipinski definition) is 6. The second kappa shape index (κ2) is 8.56. The summed E-state index contributed by atoms with van der Waals surface area (Å²) in [5, 5.41) is 20.4. The number of aromatic nitrogens is 6. The minimum atomic E-state index is -0.291. The van der Waals surface area contributed by atoms with Crippen LogP contribution in [0, 0.1) is 19.7 Å². The number of aryl methyl sites for hydroxylation is 2. The molecule has 36 heavy (non-hydrogen) atoms. The number of hydrogen-bond donors (Lipinski definition) is 1. The summed E-state index contributed by atoms with van der Waals surface area (Å²) in [6.07, 6.45) is 0.306. The van der Waals surface area contributed by atoms with Gasteiger partial charge in [-0.1, -0.05) is 24.3 Å². The third-order valence-electron chi connectivity index (χ3n) is 6.30. The van der Waals surface area contributed by atoms with Gasteiger partial charge in [0.1, 0.15) is 24.0 Å². The average molecular weight is 484 g/mol. The number of anilines is 1. The highest BCUT2D eigenvalue weighted by Crippen LogP contribution is 2.40. The molecule has 1 amide bonds. The van der Waals surface area contributed by atoms with Gasteiger partial charge < -0.3 is 10.1 Å². The van der Waals surface area contributed by atoms with E-state index in [1.807, 2.05) is 50.2 Å². The lowest BCUT2D eigenvalue weighted by Gasteiger charge is -2.24. The quantitative estimate of drug-likeness (QED) is 0.404. The Hall–Kier alpha value is -4.60. The summed E-state index contributed by atoms with van der Waals surface area (Å²) in [4.78, 5) is 12.7. The van der Waals surface area contributed by atoms with E-state index in [2.05, 4.69) is 20.6 Å². The third kappa shape index (κ3) is 3.86. The minimum absolute atomic E-state index is 0.0957. The Kier molecular flexibility index (Phi) is 5.21. The Morgan fingerprint density at radius 2 is 1.89 bits per heavy atom. The van der Waals surface area contributed by atoms with Crippen LogP contribution >= 0.6 is 0 Å². The lowest BCUT2D eigenvalue weighted by molar-refractivity contribution is -0.116. The first-order valence-corrected chi connectivity index (χ1v) is 11.5. The second-order valence-electron chi connectivity index (χ2n) is 8.76. The highest BCUT2D eigenvalue weighted by Gasteiger charge is 2.33. The monoisotopic (exact) mass is 483 g/mol. The van der Waals surface area contributed by atoms with Crippen molar-refractivity contribution in [3.63, 3.8) is 0 Å². The van der Waals surface area contributed by atoms with E-state index in [0.717, 1.165) is 22.4 Å². The maximum absolute atomic E-state index is 13.4. The van der Waals surface area contributed by atoms with Gasteiger partial charge in [-0.2, -0.15) is 14.3 Å². The first kappa shape index (κ1) is 21.9. The maximum atomic E-state index is 13.4. The van der Waals surface area contributed by atoms with Gasteiger partial charge in [0.15, 0.2) is 17.3 Å². The molecule has 0 saturated heterocycles. The normalized spacial score (nSPS) is 15.1. The molecule has 2 aromatic carbocycles. The second-order valence-corrected chi connectivity index (χ2v) is 8.76. The molecule has 0 saturated carbocycles. The average Bonchev–Trinajstić information content (AvgIpc) is 3.42. The van der Waals surface area contributed by atoms with Gasteiger partial charge in [0, 0.05) is 17.9 Å². The van der Waals surface area contributed by atoms with Crippen LogP contribution in [-0.2, 0) is 11.4 Å². The zero-order valence-electron chi connectivity index (χ0n) is 19.6. The Morgan fingerprint density at radius 1 is 1.06 bits per heavy atom. The SMILES string of the molecule is Cc1nn(-c2ccc3nnc(C)n3n2)c2c1C(c1ccc(OCc3cccc(F)c3)cc1)CC(=O)N2. The molecule has 10 heteroatoms. The number of fused-ring (bicyclic) bond motifs is 2. The van der Waals surface area contributed by atoms with Crippen LogP contribution in [0.15, 0.2) is 60.7 Å². The van der Waals surface area contributed by atoms with Crippen molar-refractivity contribution >= 4 is 17.4 Å². The number of halogens is 1. The first-order chi connectivity index (χ1) is 17.5. The van der Waals surface area contributed by atoms with Crippen molar-refractivity contribution in [2.24, 2.45) is 0 Å². The Labute approximate surface area is 205 Å². The van der Waals surface area contributed by atoms with Crippen molar-refractivity contribution < 1.29 is 13.9 Å². The fourth-order valence-electron chi connectivity index (χ4n) is 4.59. The van der Waals surface area contributed by atoms with Crippen LogP contribution in [0.3, 0.4) is 0 Å². The van der Waals surface area contributed by atoms with Crippen molar-refractivity contribution in [1.29, 1.82) is 0 Å². The van der Waals surface area contributed by atoms with E-state index >= 15 is 0 Å². The molecular weight excluding hydrogens is 461 g/mol. The summed E-state index contributed by atoms with van der Waals surface area (Å²) < 4.78 is 22.5. The first-order valence-electron chi connectivity index (χ1n) is 11.5. The summed E-state index contributed by atoms with van der Waals surface area (Å²) >= 11 is 0. The van der Waals surface area contributed by atoms with Crippen LogP contribution in [0.1, 0.15) is 40.5 Å². The van der Waals surface area contributed by atoms with Crippen LogP contribution < -0.4 is 10.1 Å². The number of carbonyl (C=O) groups excluding carboxylic acids is 1. The number of nitrogens with one attached hydrogen (secondary N) is 1. The molecule has 0 aliphatic carbocycles. The van der Waals surface area contributed by atoms with Crippen LogP contribution in [0.4, 0.5) is 10.2 Å². The van der Waals surface area contributed by atoms with Crippen molar-refractivity contribution in [1.82, 2.24) is 29.6 Å². The van der Waals surface area contributed by atoms with Crippen molar-refractivity contribution in [3.8, 4) is 11.6 Å². The number of carbonyl (C=O) groups is 1. The summed E-state index contributed by atoms with van der Waals surface area (Å²) in [6.45, 7) is 4.02. The standard InChI is InChI=1S/C26H22FN7O2/c1-15-25-21(18-6-8-20(9-7-18)36-14-17-4-3-5-19(27)12-17)13-24(35)28-26(25)34(31-15)23-11-10-22-30-29-16(2)33(22)32-23/h3-12,21H,13-14H2,1-2H3,(H,28,35). The summed E-state index contributed by atoms with van der Waals surface area (Å²) in [6, 6.07) is 17.6. The van der Waals surface area contributed by atoms with Crippen LogP contribution in [-0.4, -0.2) is 35.5 Å². The molecule has 1 atom stereocenters. The van der Waals surface area contributed by atoms with E-state index in [4.69, 9.17) is 9.84 Å². The molecule has 0 fully saturated rings. The smallest absolute Gasteiger partial charge is 0.226 e. The van der Waals surface area contributed by atoms with E-state index in [-0.39, 0.29) is 24.2 Å². The molecule has 9 nitrogen and oxygen atoms in total. The molecule has 5 aromatic rings. The summed E-state index contributed by atoms with van der Waals surface area (Å²) in [7, 11) is 0. The Balaban J connectivity index is 1.30. The molecule has 0 radical (unpaired) electrons. The molecule has 4 heterocycles. The maximum Gasteiger partial charge on any atom is 0.226 e. The molecular formula is C26H22FN7O2. The lowest BCUT2D eigenvalue weighted by atomic mass is 9.86. The highest BCUT2D eigenvalue weighted by atomic mass is 19.1. The van der Waals surface area contributed by atoms with Gasteiger partial charge in [-0.3, -0.25) is 4.79 Å². The zero-order valence-corrected chi connectivity index (χ0v) is 19.6. The molecule has 6 rings (SSSR count). The fraction of sp³-hybridized carbons (Fsp3) is 0.192. The van der Waals surface area contributed by atoms with Crippen molar-refractivity contribution in [2.45, 2.75) is 32.8 Å². The fourth-order valence-corrected chi connectivity index (χ4v) is 4.59. The van der Waals surface area contributed by atoms with Crippen LogP contribution in [0.5, 0.6) is 5.75 Å². The van der Waals surface area contributed by atoms with E-state index < -0.39 is 0 Å². The number of rotatable bonds is 5. The van der Waals surface area contributed by atoms with Gasteiger partial charge in [0.25, 0.3) is 0 Å². The van der Waals surface area contributed by atoms with Crippen molar-refractivity contribution in [3.05, 3.63) is 94.7 Å². The number of nitrogens with zero attached hydrogens (tertiary/aromatic N) is 6. The molecule has 1 unspecified atom stereocenters. The van der Waals surface area contributed by atoms with E-state index in [0.29, 0.717) is 35.3 Å². The highest BCUT2D eigenvalue weighted by molar-refractivity contribution is 5.95. The number of ether oxygens (including phenoxy) is 1. The molecule has 1 aliphatic rings. The summed E-state index contributed by atoms with van der Waals surface area (Å²) in [5.41, 5.74) is 4.12. The Morgan fingerprint density at radius 3 is 2.69 bits per heavy atom. The van der Waals surface area contributed by atoms with E-state index in [1.54, 1.807) is 21.3 Å². The van der Waals surface area contributed by atoms with Gasteiger partial charge in [-0.05, 0) is 61.4 Å². The predicted molar refractivity (Wildman–Crippen MR) is 130 cm³/mol. The van der Waals surface area contributed by atoms with Crippen molar-refractivity contribution in [2.75, 3.05) is 5.32 Å². The van der Waals surface area contributed by atoms with Gasteiger partial charge >= 0.3 is 0 Å². The third-order valence-corrected chi connectivity index (χ3v) is 6.30. The Bertz CT molecular complexity index is 1610. The molecule has 1 N–H and O–H groups in total. The summed E-state index contributed by atoms with van der Waals surface area (Å²) in [5.74, 6) is 1.93. The van der Waals surface area contributed by atoms with E-state index in [1.165, 1.54) is 12.1 Å². The number of benzene rings is 2. The topological polar surface area (TPSA) is 99.2 Å². The largest absolute Gasteiger partial charge is 0.489 e. The molecule has 0 bridgehead atoms. The zero-order chi connectivity index (χ0) is 24.8. The number of amides is 1. The molecule has 3 aromatic heterocycles. The van der Waals surface area contributed by atoms with Gasteiger partial charge in [0.05, 0.1) is 5.69 Å². The minimum Gasteiger partial charge on any atom is -0.489 e. The molecule has 180 valence electrons.